The Labute approximate surface area is 229 Å². The molecule has 0 aromatic heterocycles. The van der Waals surface area contributed by atoms with E-state index < -0.39 is 37.6 Å². The van der Waals surface area contributed by atoms with Crippen molar-refractivity contribution in [3.63, 3.8) is 0 Å². The number of hydrogen-bond donors (Lipinski definition) is 2. The van der Waals surface area contributed by atoms with Gasteiger partial charge in [-0.2, -0.15) is 0 Å². The van der Waals surface area contributed by atoms with Crippen LogP contribution in [0.4, 0.5) is 9.59 Å². The molecule has 8 heteroatoms. The zero-order valence-corrected chi connectivity index (χ0v) is 25.5. The Hall–Kier alpha value is -2.84. The minimum Gasteiger partial charge on any atom is -0.465 e. The first-order valence-corrected chi connectivity index (χ1v) is 15.1. The highest BCUT2D eigenvalue weighted by molar-refractivity contribution is 6.99. The summed E-state index contributed by atoms with van der Waals surface area (Å²) in [4.78, 5) is 27.4. The van der Waals surface area contributed by atoms with Crippen LogP contribution in [0, 0.1) is 0 Å². The maximum absolute atomic E-state index is 12.6. The Kier molecular flexibility index (Phi) is 9.83. The zero-order valence-electron chi connectivity index (χ0n) is 24.5. The lowest BCUT2D eigenvalue weighted by Crippen LogP contribution is -2.68. The van der Waals surface area contributed by atoms with Crippen LogP contribution in [0.1, 0.15) is 68.7 Å². The Morgan fingerprint density at radius 3 is 1.53 bits per heavy atom. The second-order valence-corrected chi connectivity index (χ2v) is 17.2. The molecule has 0 unspecified atom stereocenters. The summed E-state index contributed by atoms with van der Waals surface area (Å²) in [6.07, 6.45) is -1.77. The average molecular weight is 543 g/mol. The van der Waals surface area contributed by atoms with Crippen LogP contribution in [0.15, 0.2) is 60.7 Å². The summed E-state index contributed by atoms with van der Waals surface area (Å²) in [7, 11) is -2.92. The van der Waals surface area contributed by atoms with Crippen molar-refractivity contribution >= 4 is 30.9 Å². The summed E-state index contributed by atoms with van der Waals surface area (Å²) >= 11 is 0. The van der Waals surface area contributed by atoms with E-state index in [-0.39, 0.29) is 18.2 Å². The molecule has 7 nitrogen and oxygen atoms in total. The van der Waals surface area contributed by atoms with Gasteiger partial charge in [0.15, 0.2) is 0 Å². The molecule has 0 aliphatic rings. The lowest BCUT2D eigenvalue weighted by Gasteiger charge is -2.46. The van der Waals surface area contributed by atoms with Crippen LogP contribution in [0.5, 0.6) is 0 Å². The van der Waals surface area contributed by atoms with Crippen molar-refractivity contribution in [1.29, 1.82) is 0 Å². The Morgan fingerprint density at radius 1 is 0.763 bits per heavy atom. The largest absolute Gasteiger partial charge is 0.465 e. The predicted octanol–water partition coefficient (Wildman–Crippen LogP) is 5.88. The van der Waals surface area contributed by atoms with Crippen LogP contribution in [-0.4, -0.2) is 70.8 Å². The lowest BCUT2D eigenvalue weighted by atomic mass is 10.0. The van der Waals surface area contributed by atoms with E-state index in [1.165, 1.54) is 9.80 Å². The first-order valence-electron chi connectivity index (χ1n) is 13.2. The van der Waals surface area contributed by atoms with Gasteiger partial charge in [-0.1, -0.05) is 81.4 Å². The van der Waals surface area contributed by atoms with Gasteiger partial charge in [0.1, 0.15) is 0 Å². The van der Waals surface area contributed by atoms with Crippen molar-refractivity contribution in [3.8, 4) is 0 Å². The van der Waals surface area contributed by atoms with Gasteiger partial charge in [-0.05, 0) is 63.4 Å². The molecular weight excluding hydrogens is 496 g/mol. The van der Waals surface area contributed by atoms with Gasteiger partial charge in [-0.15, -0.1) is 0 Å². The Balaban J connectivity index is 2.62. The second-order valence-electron chi connectivity index (χ2n) is 12.8. The molecular formula is C30H46N2O5Si. The molecule has 0 spiro atoms. The number of rotatable bonds is 9. The number of nitrogens with zero attached hydrogens (tertiary/aromatic N) is 2. The molecule has 0 saturated heterocycles. The van der Waals surface area contributed by atoms with E-state index in [2.05, 4.69) is 45.0 Å². The quantitative estimate of drug-likeness (QED) is 0.386. The van der Waals surface area contributed by atoms with E-state index in [9.17, 15) is 19.8 Å². The summed E-state index contributed by atoms with van der Waals surface area (Å²) in [5.74, 6) is 0. The fourth-order valence-electron chi connectivity index (χ4n) is 5.26. The predicted molar refractivity (Wildman–Crippen MR) is 156 cm³/mol. The fraction of sp³-hybridized carbons (Fsp3) is 0.533. The molecule has 0 saturated carbocycles. The van der Waals surface area contributed by atoms with E-state index in [1.807, 2.05) is 77.9 Å². The average Bonchev–Trinajstić information content (AvgIpc) is 2.77. The minimum absolute atomic E-state index is 0.147. The van der Waals surface area contributed by atoms with Crippen LogP contribution >= 0.6 is 0 Å². The molecule has 1 atom stereocenters. The molecule has 0 aliphatic heterocycles. The molecule has 2 N–H and O–H groups in total. The highest BCUT2D eigenvalue weighted by Crippen LogP contribution is 2.37. The highest BCUT2D eigenvalue weighted by atomic mass is 28.4. The number of carbonyl (C=O) groups is 2. The third kappa shape index (κ3) is 7.17. The van der Waals surface area contributed by atoms with Crippen LogP contribution in [-0.2, 0) is 4.43 Å². The first kappa shape index (κ1) is 31.4. The summed E-state index contributed by atoms with van der Waals surface area (Å²) in [5.41, 5.74) is -1.33. The third-order valence-corrected chi connectivity index (χ3v) is 11.9. The third-order valence-electron chi connectivity index (χ3n) is 6.93. The molecule has 0 fully saturated rings. The van der Waals surface area contributed by atoms with Crippen molar-refractivity contribution in [2.24, 2.45) is 0 Å². The molecule has 2 rings (SSSR count). The smallest absolute Gasteiger partial charge is 0.408 e. The maximum Gasteiger partial charge on any atom is 0.408 e. The van der Waals surface area contributed by atoms with Crippen LogP contribution in [0.2, 0.25) is 5.04 Å². The Morgan fingerprint density at radius 2 is 1.21 bits per heavy atom. The molecule has 2 amide bonds. The highest BCUT2D eigenvalue weighted by Gasteiger charge is 2.51. The second kappa shape index (κ2) is 11.9. The topological polar surface area (TPSA) is 90.3 Å². The Bertz CT molecular complexity index is 1020. The molecule has 0 radical (unpaired) electrons. The van der Waals surface area contributed by atoms with E-state index >= 15 is 0 Å². The van der Waals surface area contributed by atoms with Crippen LogP contribution in [0.25, 0.3) is 0 Å². The van der Waals surface area contributed by atoms with Gasteiger partial charge < -0.3 is 19.5 Å². The molecule has 0 aliphatic carbocycles. The van der Waals surface area contributed by atoms with E-state index in [0.717, 1.165) is 10.4 Å². The maximum atomic E-state index is 12.6. The summed E-state index contributed by atoms with van der Waals surface area (Å²) in [6, 6.07) is 19.9. The van der Waals surface area contributed by atoms with Crippen LogP contribution in [0.3, 0.4) is 0 Å². The normalized spacial score (nSPS) is 13.6. The van der Waals surface area contributed by atoms with Crippen molar-refractivity contribution in [1.82, 2.24) is 9.80 Å². The number of hydrogen-bond acceptors (Lipinski definition) is 3. The lowest BCUT2D eigenvalue weighted by molar-refractivity contribution is 0.0366. The van der Waals surface area contributed by atoms with Gasteiger partial charge in [0.05, 0.1) is 12.6 Å². The standard InChI is InChI=1S/C30H46N2O5Si/c1-28(2,3)31(26(33)34)21-20-23(32(27(35)36)29(4,5)6)22-37-38(30(7,8)9,24-16-12-10-13-17-24)25-18-14-11-15-19-25/h10-19,23H,20-22H2,1-9H3,(H,33,34)(H,35,36)/t23-/m0/s1. The van der Waals surface area contributed by atoms with Gasteiger partial charge in [0, 0.05) is 17.6 Å². The van der Waals surface area contributed by atoms with Gasteiger partial charge >= 0.3 is 12.2 Å². The molecule has 0 bridgehead atoms. The summed E-state index contributed by atoms with van der Waals surface area (Å²) in [6.45, 7) is 18.0. The molecule has 210 valence electrons. The van der Waals surface area contributed by atoms with Gasteiger partial charge in [-0.25, -0.2) is 9.59 Å². The number of amides is 2. The molecule has 2 aromatic carbocycles. The van der Waals surface area contributed by atoms with Gasteiger partial charge in [0.2, 0.25) is 0 Å². The van der Waals surface area contributed by atoms with Crippen molar-refractivity contribution < 1.29 is 24.2 Å². The van der Waals surface area contributed by atoms with Crippen LogP contribution < -0.4 is 10.4 Å². The van der Waals surface area contributed by atoms with Gasteiger partial charge in [0.25, 0.3) is 8.32 Å². The van der Waals surface area contributed by atoms with Crippen molar-refractivity contribution in [3.05, 3.63) is 60.7 Å². The SMILES string of the molecule is CC(C)(C)N(CC[C@@H](CO[Si](c1ccccc1)(c1ccccc1)C(C)(C)C)N(C(=O)O)C(C)(C)C)C(=O)O. The van der Waals surface area contributed by atoms with Gasteiger partial charge in [-0.3, -0.25) is 4.90 Å². The number of benzene rings is 2. The zero-order chi connectivity index (χ0) is 28.9. The molecule has 38 heavy (non-hydrogen) atoms. The summed E-state index contributed by atoms with van der Waals surface area (Å²) in [5, 5.41) is 22.1. The van der Waals surface area contributed by atoms with E-state index in [0.29, 0.717) is 6.42 Å². The number of carboxylic acid groups (broad SMARTS) is 2. The molecule has 0 heterocycles. The monoisotopic (exact) mass is 542 g/mol. The van der Waals surface area contributed by atoms with Crippen molar-refractivity contribution in [2.75, 3.05) is 13.2 Å². The van der Waals surface area contributed by atoms with Crippen molar-refractivity contribution in [2.45, 2.75) is 90.9 Å². The van der Waals surface area contributed by atoms with E-state index in [1.54, 1.807) is 0 Å². The minimum atomic E-state index is -2.92. The van der Waals surface area contributed by atoms with E-state index in [4.69, 9.17) is 4.43 Å². The summed E-state index contributed by atoms with van der Waals surface area (Å²) < 4.78 is 7.10. The molecule has 2 aromatic rings. The first-order chi connectivity index (χ1) is 17.4. The fourth-order valence-corrected chi connectivity index (χ4v) is 9.85.